The van der Waals surface area contributed by atoms with E-state index in [1.165, 1.54) is 11.6 Å². The molecule has 0 radical (unpaired) electrons. The third kappa shape index (κ3) is 3.96. The fourth-order valence-corrected chi connectivity index (χ4v) is 3.28. The molecule has 3 rings (SSSR count). The van der Waals surface area contributed by atoms with Gasteiger partial charge in [-0.2, -0.15) is 10.1 Å². The van der Waals surface area contributed by atoms with E-state index < -0.39 is 11.2 Å². The first kappa shape index (κ1) is 20.8. The molecule has 11 heteroatoms. The second-order valence-electron chi connectivity index (χ2n) is 6.21. The Morgan fingerprint density at radius 1 is 1.24 bits per heavy atom. The largest absolute Gasteiger partial charge is 0.496 e. The summed E-state index contributed by atoms with van der Waals surface area (Å²) in [5.41, 5.74) is 3.29. The Labute approximate surface area is 174 Å². The zero-order valence-corrected chi connectivity index (χ0v) is 18.1. The molecule has 154 valence electrons. The van der Waals surface area contributed by atoms with Gasteiger partial charge in [0.1, 0.15) is 5.75 Å². The number of hydrazone groups is 1. The van der Waals surface area contributed by atoms with Gasteiger partial charge < -0.3 is 14.0 Å². The van der Waals surface area contributed by atoms with E-state index in [0.717, 1.165) is 14.6 Å². The maximum Gasteiger partial charge on any atom is 0.332 e. The van der Waals surface area contributed by atoms with Gasteiger partial charge in [0.15, 0.2) is 11.2 Å². The maximum absolute atomic E-state index is 12.7. The summed E-state index contributed by atoms with van der Waals surface area (Å²) in [7, 11) is 6.14. The third-order valence-corrected chi connectivity index (χ3v) is 4.92. The summed E-state index contributed by atoms with van der Waals surface area (Å²) in [6, 6.07) is 5.54. The number of benzene rings is 1. The van der Waals surface area contributed by atoms with Crippen molar-refractivity contribution in [1.29, 1.82) is 0 Å². The molecule has 0 fully saturated rings. The van der Waals surface area contributed by atoms with Gasteiger partial charge >= 0.3 is 5.69 Å². The Bertz CT molecular complexity index is 1190. The number of rotatable bonds is 7. The van der Waals surface area contributed by atoms with Crippen molar-refractivity contribution in [3.05, 3.63) is 49.1 Å². The van der Waals surface area contributed by atoms with Crippen LogP contribution in [0.1, 0.15) is 5.56 Å². The van der Waals surface area contributed by atoms with Crippen LogP contribution in [0.3, 0.4) is 0 Å². The smallest absolute Gasteiger partial charge is 0.332 e. The number of methoxy groups -OCH3 is 2. The molecule has 0 unspecified atom stereocenters. The summed E-state index contributed by atoms with van der Waals surface area (Å²) in [6.07, 6.45) is 1.58. The monoisotopic (exact) mass is 464 g/mol. The van der Waals surface area contributed by atoms with Crippen LogP contribution in [0.4, 0.5) is 5.95 Å². The highest BCUT2D eigenvalue weighted by Crippen LogP contribution is 2.21. The first-order valence-corrected chi connectivity index (χ1v) is 9.46. The fourth-order valence-electron chi connectivity index (χ4n) is 2.90. The van der Waals surface area contributed by atoms with Crippen molar-refractivity contribution in [3.8, 4) is 5.75 Å². The van der Waals surface area contributed by atoms with Gasteiger partial charge in [-0.15, -0.1) is 0 Å². The molecule has 1 N–H and O–H groups in total. The summed E-state index contributed by atoms with van der Waals surface area (Å²) in [6.45, 7) is 0.716. The van der Waals surface area contributed by atoms with Crippen molar-refractivity contribution in [3.63, 3.8) is 0 Å². The first-order valence-electron chi connectivity index (χ1n) is 8.66. The van der Waals surface area contributed by atoms with Crippen LogP contribution in [-0.4, -0.2) is 45.7 Å². The topological polar surface area (TPSA) is 105 Å². The van der Waals surface area contributed by atoms with Gasteiger partial charge in [0.2, 0.25) is 5.95 Å². The number of imidazole rings is 1. The van der Waals surface area contributed by atoms with Crippen molar-refractivity contribution < 1.29 is 9.47 Å². The molecule has 0 aliphatic heterocycles. The zero-order chi connectivity index (χ0) is 21.1. The average Bonchev–Trinajstić information content (AvgIpc) is 3.07. The molecule has 0 aliphatic rings. The summed E-state index contributed by atoms with van der Waals surface area (Å²) in [4.78, 5) is 29.3. The molecule has 10 nitrogen and oxygen atoms in total. The van der Waals surface area contributed by atoms with E-state index >= 15 is 0 Å². The Morgan fingerprint density at radius 2 is 2.00 bits per heavy atom. The van der Waals surface area contributed by atoms with Crippen molar-refractivity contribution >= 4 is 39.3 Å². The molecule has 2 aromatic heterocycles. The van der Waals surface area contributed by atoms with Crippen LogP contribution in [-0.2, 0) is 25.4 Å². The lowest BCUT2D eigenvalue weighted by Gasteiger charge is -2.08. The van der Waals surface area contributed by atoms with Gasteiger partial charge in [0.25, 0.3) is 5.56 Å². The number of hydrogen-bond donors (Lipinski definition) is 1. The minimum absolute atomic E-state index is 0.270. The molecule has 29 heavy (non-hydrogen) atoms. The normalized spacial score (nSPS) is 11.5. The quantitative estimate of drug-likeness (QED) is 0.417. The Kier molecular flexibility index (Phi) is 6.18. The van der Waals surface area contributed by atoms with Gasteiger partial charge in [0.05, 0.1) is 19.9 Å². The number of fused-ring (bicyclic) bond motifs is 1. The fraction of sp³-hybridized carbons (Fsp3) is 0.333. The maximum atomic E-state index is 12.7. The van der Waals surface area contributed by atoms with Gasteiger partial charge in [-0.25, -0.2) is 10.2 Å². The minimum atomic E-state index is -0.451. The van der Waals surface area contributed by atoms with E-state index in [4.69, 9.17) is 9.47 Å². The molecule has 0 amide bonds. The molecule has 0 saturated heterocycles. The molecule has 0 aliphatic carbocycles. The van der Waals surface area contributed by atoms with Crippen LogP contribution in [0.2, 0.25) is 0 Å². The second kappa shape index (κ2) is 8.62. The SMILES string of the molecule is COCCn1c(N/N=C/c2cc(Br)ccc2OC)nc2c1c(=O)n(C)c(=O)n2C. The summed E-state index contributed by atoms with van der Waals surface area (Å²) in [5.74, 6) is 0.975. The molecule has 0 spiro atoms. The lowest BCUT2D eigenvalue weighted by Crippen LogP contribution is -2.37. The summed E-state index contributed by atoms with van der Waals surface area (Å²) in [5, 5.41) is 4.23. The van der Waals surface area contributed by atoms with Crippen LogP contribution in [0.15, 0.2) is 37.4 Å². The third-order valence-electron chi connectivity index (χ3n) is 4.43. The van der Waals surface area contributed by atoms with Gasteiger partial charge in [-0.3, -0.25) is 13.9 Å². The van der Waals surface area contributed by atoms with Crippen LogP contribution in [0.25, 0.3) is 11.2 Å². The summed E-state index contributed by atoms with van der Waals surface area (Å²) >= 11 is 3.42. The van der Waals surface area contributed by atoms with Crippen LogP contribution >= 0.6 is 15.9 Å². The molecule has 1 aromatic carbocycles. The predicted octanol–water partition coefficient (Wildman–Crippen LogP) is 1.30. The molecule has 0 bridgehead atoms. The number of halogens is 1. The Balaban J connectivity index is 2.06. The zero-order valence-electron chi connectivity index (χ0n) is 16.5. The van der Waals surface area contributed by atoms with Gasteiger partial charge in [-0.1, -0.05) is 15.9 Å². The highest BCUT2D eigenvalue weighted by molar-refractivity contribution is 9.10. The van der Waals surface area contributed by atoms with E-state index in [9.17, 15) is 9.59 Å². The van der Waals surface area contributed by atoms with Crippen molar-refractivity contribution in [2.75, 3.05) is 26.3 Å². The van der Waals surface area contributed by atoms with E-state index in [0.29, 0.717) is 30.4 Å². The average molecular weight is 465 g/mol. The molecule has 3 aromatic rings. The molecule has 2 heterocycles. The second-order valence-corrected chi connectivity index (χ2v) is 7.13. The molecular weight excluding hydrogens is 444 g/mol. The highest BCUT2D eigenvalue weighted by Gasteiger charge is 2.18. The number of hydrogen-bond acceptors (Lipinski definition) is 7. The lowest BCUT2D eigenvalue weighted by atomic mass is 10.2. The van der Waals surface area contributed by atoms with Crippen LogP contribution in [0.5, 0.6) is 5.75 Å². The van der Waals surface area contributed by atoms with Crippen LogP contribution < -0.4 is 21.4 Å². The predicted molar refractivity (Wildman–Crippen MR) is 114 cm³/mol. The number of aromatic nitrogens is 4. The van der Waals surface area contributed by atoms with Crippen molar-refractivity contribution in [2.24, 2.45) is 19.2 Å². The number of aryl methyl sites for hydroxylation is 1. The standard InChI is InChI=1S/C18H21BrN6O4/c1-23-15-14(16(26)24(2)18(23)27)25(7-8-28-3)17(21-15)22-20-10-11-9-12(19)5-6-13(11)29-4/h5-6,9-10H,7-8H2,1-4H3,(H,21,22)/b20-10+. The van der Waals surface area contributed by atoms with Gasteiger partial charge in [-0.05, 0) is 18.2 Å². The summed E-state index contributed by atoms with van der Waals surface area (Å²) < 4.78 is 15.4. The number of anilines is 1. The van der Waals surface area contributed by atoms with Crippen molar-refractivity contribution in [2.45, 2.75) is 6.54 Å². The lowest BCUT2D eigenvalue weighted by molar-refractivity contribution is 0.188. The molecule has 0 atom stereocenters. The molecule has 0 saturated carbocycles. The molecular formula is C18H21BrN6O4. The van der Waals surface area contributed by atoms with Crippen LogP contribution in [0, 0.1) is 0 Å². The van der Waals surface area contributed by atoms with E-state index in [2.05, 4.69) is 31.4 Å². The first-order chi connectivity index (χ1) is 13.9. The van der Waals surface area contributed by atoms with E-state index in [1.54, 1.807) is 32.0 Å². The number of ether oxygens (including phenoxy) is 2. The number of nitrogens with one attached hydrogen (secondary N) is 1. The number of nitrogens with zero attached hydrogens (tertiary/aromatic N) is 5. The van der Waals surface area contributed by atoms with Gasteiger partial charge in [0, 0.05) is 37.8 Å². The van der Waals surface area contributed by atoms with Crippen molar-refractivity contribution in [1.82, 2.24) is 18.7 Å². The Hall–Kier alpha value is -2.92. The highest BCUT2D eigenvalue weighted by atomic mass is 79.9. The van der Waals surface area contributed by atoms with E-state index in [-0.39, 0.29) is 5.65 Å². The minimum Gasteiger partial charge on any atom is -0.496 e. The Morgan fingerprint density at radius 3 is 2.69 bits per heavy atom. The van der Waals surface area contributed by atoms with E-state index in [1.807, 2.05) is 18.2 Å².